The van der Waals surface area contributed by atoms with Gasteiger partial charge in [0.2, 0.25) is 0 Å². The van der Waals surface area contributed by atoms with Crippen LogP contribution in [-0.4, -0.2) is 30.7 Å². The molecule has 0 spiro atoms. The predicted molar refractivity (Wildman–Crippen MR) is 46.3 cm³/mol. The molecule has 0 aliphatic carbocycles. The minimum atomic E-state index is -3.11. The molecule has 0 fully saturated rings. The fourth-order valence-electron chi connectivity index (χ4n) is 0.931. The number of carboxylic acid groups (broad SMARTS) is 1. The Labute approximate surface area is 75.3 Å². The van der Waals surface area contributed by atoms with Crippen LogP contribution in [0.1, 0.15) is 16.1 Å². The van der Waals surface area contributed by atoms with Gasteiger partial charge in [0.25, 0.3) is 0 Å². The number of sulfone groups is 1. The summed E-state index contributed by atoms with van der Waals surface area (Å²) in [5.74, 6) is -1.24. The molecule has 1 aromatic rings. The van der Waals surface area contributed by atoms with E-state index in [1.165, 1.54) is 12.3 Å². The minimum absolute atomic E-state index is 0.0682. The average molecular weight is 203 g/mol. The number of hydrogen-bond donors (Lipinski definition) is 2. The van der Waals surface area contributed by atoms with Gasteiger partial charge < -0.3 is 10.1 Å². The number of aromatic nitrogens is 1. The highest BCUT2D eigenvalue weighted by molar-refractivity contribution is 7.89. The average Bonchev–Trinajstić information content (AvgIpc) is 2.31. The van der Waals surface area contributed by atoms with Gasteiger partial charge in [0.1, 0.15) is 0 Å². The van der Waals surface area contributed by atoms with Gasteiger partial charge in [-0.2, -0.15) is 0 Å². The first-order valence-electron chi connectivity index (χ1n) is 3.47. The van der Waals surface area contributed by atoms with Crippen LogP contribution in [0.3, 0.4) is 0 Å². The first kappa shape index (κ1) is 9.79. The molecule has 0 amide bonds. The highest BCUT2D eigenvalue weighted by Crippen LogP contribution is 2.06. The molecule has 0 bridgehead atoms. The van der Waals surface area contributed by atoms with E-state index < -0.39 is 15.8 Å². The normalized spacial score (nSPS) is 11.5. The number of rotatable bonds is 3. The van der Waals surface area contributed by atoms with E-state index in [2.05, 4.69) is 4.98 Å². The number of carbonyl (C=O) groups is 1. The van der Waals surface area contributed by atoms with Gasteiger partial charge in [-0.3, -0.25) is 0 Å². The number of carboxylic acids is 1. The number of hydrogen-bond acceptors (Lipinski definition) is 3. The van der Waals surface area contributed by atoms with Crippen molar-refractivity contribution in [3.63, 3.8) is 0 Å². The van der Waals surface area contributed by atoms with Crippen LogP contribution in [0.15, 0.2) is 12.3 Å². The molecular weight excluding hydrogens is 194 g/mol. The van der Waals surface area contributed by atoms with Crippen LogP contribution in [0.2, 0.25) is 0 Å². The summed E-state index contributed by atoms with van der Waals surface area (Å²) in [7, 11) is -3.11. The Bertz CT molecular complexity index is 417. The molecule has 0 unspecified atom stereocenters. The maximum atomic E-state index is 10.8. The van der Waals surface area contributed by atoms with Gasteiger partial charge in [0.05, 0.1) is 11.3 Å². The lowest BCUT2D eigenvalue weighted by atomic mass is 10.3. The second-order valence-electron chi connectivity index (χ2n) is 2.79. The van der Waals surface area contributed by atoms with E-state index in [0.29, 0.717) is 5.69 Å². The second kappa shape index (κ2) is 3.21. The fraction of sp³-hybridized carbons (Fsp3) is 0.286. The van der Waals surface area contributed by atoms with Gasteiger partial charge in [0.15, 0.2) is 9.84 Å². The fourth-order valence-corrected chi connectivity index (χ4v) is 1.66. The first-order valence-corrected chi connectivity index (χ1v) is 5.53. The molecule has 6 heteroatoms. The van der Waals surface area contributed by atoms with Crippen molar-refractivity contribution in [2.75, 3.05) is 6.26 Å². The molecular formula is C7H9NO4S. The molecule has 0 aliphatic rings. The van der Waals surface area contributed by atoms with Gasteiger partial charge in [-0.05, 0) is 6.07 Å². The van der Waals surface area contributed by atoms with Crippen LogP contribution in [0.4, 0.5) is 0 Å². The smallest absolute Gasteiger partial charge is 0.337 e. The van der Waals surface area contributed by atoms with Crippen LogP contribution in [0.25, 0.3) is 0 Å². The Kier molecular flexibility index (Phi) is 2.42. The lowest BCUT2D eigenvalue weighted by Gasteiger charge is -1.92. The van der Waals surface area contributed by atoms with E-state index in [-0.39, 0.29) is 11.3 Å². The maximum absolute atomic E-state index is 10.8. The number of aromatic carboxylic acids is 1. The van der Waals surface area contributed by atoms with Gasteiger partial charge >= 0.3 is 5.97 Å². The van der Waals surface area contributed by atoms with Gasteiger partial charge in [-0.1, -0.05) is 0 Å². The van der Waals surface area contributed by atoms with Gasteiger partial charge in [0, 0.05) is 18.1 Å². The standard InChI is InChI=1S/C7H9NO4S/c1-13(11,12)4-6-2-5(3-8-6)7(9)10/h2-3,8H,4H2,1H3,(H,9,10). The molecule has 1 aromatic heterocycles. The summed E-state index contributed by atoms with van der Waals surface area (Å²) in [5, 5.41) is 8.53. The van der Waals surface area contributed by atoms with Crippen molar-refractivity contribution in [2.24, 2.45) is 0 Å². The molecule has 0 radical (unpaired) electrons. The Morgan fingerprint density at radius 2 is 2.23 bits per heavy atom. The lowest BCUT2D eigenvalue weighted by molar-refractivity contribution is 0.0697. The van der Waals surface area contributed by atoms with Crippen molar-refractivity contribution in [1.29, 1.82) is 0 Å². The summed E-state index contributed by atoms with van der Waals surface area (Å²) in [6, 6.07) is 1.31. The molecule has 0 aliphatic heterocycles. The first-order chi connectivity index (χ1) is 5.88. The predicted octanol–water partition coefficient (Wildman–Crippen LogP) is 0.258. The zero-order valence-corrected chi connectivity index (χ0v) is 7.76. The summed E-state index contributed by atoms with van der Waals surface area (Å²) in [4.78, 5) is 13.0. The van der Waals surface area contributed by atoms with E-state index in [4.69, 9.17) is 5.11 Å². The zero-order valence-electron chi connectivity index (χ0n) is 6.94. The maximum Gasteiger partial charge on any atom is 0.337 e. The number of nitrogens with one attached hydrogen (secondary N) is 1. The van der Waals surface area contributed by atoms with Crippen molar-refractivity contribution in [2.45, 2.75) is 5.75 Å². The monoisotopic (exact) mass is 203 g/mol. The molecule has 13 heavy (non-hydrogen) atoms. The van der Waals surface area contributed by atoms with Crippen molar-refractivity contribution >= 4 is 15.8 Å². The van der Waals surface area contributed by atoms with E-state index >= 15 is 0 Å². The third-order valence-electron chi connectivity index (χ3n) is 1.41. The summed E-state index contributed by atoms with van der Waals surface area (Å²) in [5.41, 5.74) is 0.457. The highest BCUT2D eigenvalue weighted by Gasteiger charge is 2.09. The Morgan fingerprint density at radius 1 is 1.62 bits per heavy atom. The molecule has 1 heterocycles. The van der Waals surface area contributed by atoms with Crippen LogP contribution < -0.4 is 0 Å². The summed E-state index contributed by atoms with van der Waals surface area (Å²) >= 11 is 0. The zero-order chi connectivity index (χ0) is 10.1. The molecule has 0 saturated heterocycles. The van der Waals surface area contributed by atoms with Crippen LogP contribution in [-0.2, 0) is 15.6 Å². The van der Waals surface area contributed by atoms with E-state index in [0.717, 1.165) is 6.26 Å². The van der Waals surface area contributed by atoms with Crippen molar-refractivity contribution < 1.29 is 18.3 Å². The minimum Gasteiger partial charge on any atom is -0.478 e. The van der Waals surface area contributed by atoms with E-state index in [9.17, 15) is 13.2 Å². The summed E-state index contributed by atoms with van der Waals surface area (Å²) < 4.78 is 21.6. The van der Waals surface area contributed by atoms with E-state index in [1.807, 2.05) is 0 Å². The Hall–Kier alpha value is -1.30. The Morgan fingerprint density at radius 3 is 2.62 bits per heavy atom. The largest absolute Gasteiger partial charge is 0.478 e. The molecule has 0 atom stereocenters. The molecule has 72 valence electrons. The van der Waals surface area contributed by atoms with Gasteiger partial charge in [-0.25, -0.2) is 13.2 Å². The van der Waals surface area contributed by atoms with Crippen LogP contribution >= 0.6 is 0 Å². The molecule has 0 aromatic carbocycles. The summed E-state index contributed by atoms with van der Waals surface area (Å²) in [6.07, 6.45) is 2.36. The van der Waals surface area contributed by atoms with Crippen LogP contribution in [0.5, 0.6) is 0 Å². The quantitative estimate of drug-likeness (QED) is 0.737. The number of H-pyrrole nitrogens is 1. The third kappa shape index (κ3) is 2.90. The molecule has 2 N–H and O–H groups in total. The molecule has 0 saturated carbocycles. The Balaban J connectivity index is 2.87. The van der Waals surface area contributed by atoms with Crippen molar-refractivity contribution in [3.8, 4) is 0 Å². The van der Waals surface area contributed by atoms with Gasteiger partial charge in [-0.15, -0.1) is 0 Å². The topological polar surface area (TPSA) is 87.2 Å². The van der Waals surface area contributed by atoms with Crippen LogP contribution in [0, 0.1) is 0 Å². The van der Waals surface area contributed by atoms with Crippen molar-refractivity contribution in [3.05, 3.63) is 23.5 Å². The molecule has 5 nitrogen and oxygen atoms in total. The van der Waals surface area contributed by atoms with E-state index in [1.54, 1.807) is 0 Å². The summed E-state index contributed by atoms with van der Waals surface area (Å²) in [6.45, 7) is 0. The lowest BCUT2D eigenvalue weighted by Crippen LogP contribution is -2.00. The van der Waals surface area contributed by atoms with Crippen molar-refractivity contribution in [1.82, 2.24) is 4.98 Å². The third-order valence-corrected chi connectivity index (χ3v) is 2.24. The SMILES string of the molecule is CS(=O)(=O)Cc1cc(C(=O)O)c[nH]1. The molecule has 1 rings (SSSR count). The second-order valence-corrected chi connectivity index (χ2v) is 4.93. The number of aromatic amines is 1. The highest BCUT2D eigenvalue weighted by atomic mass is 32.2.